The second kappa shape index (κ2) is 8.75. The summed E-state index contributed by atoms with van der Waals surface area (Å²) in [6.45, 7) is 6.62. The Kier molecular flexibility index (Phi) is 6.59. The Morgan fingerprint density at radius 2 is 1.64 bits per heavy atom. The van der Waals surface area contributed by atoms with Gasteiger partial charge in [-0.25, -0.2) is 4.79 Å². The molecule has 0 spiro atoms. The van der Waals surface area contributed by atoms with E-state index in [-0.39, 0.29) is 12.0 Å². The average molecular weight is 469 g/mol. The van der Waals surface area contributed by atoms with Crippen molar-refractivity contribution in [3.8, 4) is 0 Å². The van der Waals surface area contributed by atoms with Crippen LogP contribution in [0.15, 0.2) is 0 Å². The Hall–Kier alpha value is -1.26. The van der Waals surface area contributed by atoms with E-state index in [4.69, 9.17) is 4.74 Å². The molecule has 0 aromatic heterocycles. The second-order valence-electron chi connectivity index (χ2n) is 11.9. The number of hydrogen-bond donors (Lipinski definition) is 6. The fourth-order valence-corrected chi connectivity index (χ4v) is 7.62. The van der Waals surface area contributed by atoms with Crippen molar-refractivity contribution in [1.82, 2.24) is 10.6 Å². The van der Waals surface area contributed by atoms with Gasteiger partial charge in [-0.05, 0) is 67.1 Å². The molecule has 5 atom stereocenters. The Balaban J connectivity index is 1.40. The molecule has 5 fully saturated rings. The van der Waals surface area contributed by atoms with Gasteiger partial charge in [0.05, 0.1) is 18.2 Å². The monoisotopic (exact) mass is 468 g/mol. The minimum atomic E-state index is -2.63. The Labute approximate surface area is 195 Å². The first-order chi connectivity index (χ1) is 15.3. The van der Waals surface area contributed by atoms with Crippen LogP contribution in [-0.2, 0) is 14.3 Å². The minimum Gasteiger partial charge on any atom is -0.477 e. The quantitative estimate of drug-likeness (QED) is 0.303. The van der Waals surface area contributed by atoms with Gasteiger partial charge in [0.1, 0.15) is 6.10 Å². The van der Waals surface area contributed by atoms with Crippen LogP contribution >= 0.6 is 0 Å². The fourth-order valence-electron chi connectivity index (χ4n) is 7.62. The molecular weight excluding hydrogens is 428 g/mol. The van der Waals surface area contributed by atoms with E-state index in [1.54, 1.807) is 0 Å². The number of rotatable bonds is 8. The van der Waals surface area contributed by atoms with Crippen molar-refractivity contribution < 1.29 is 34.8 Å². The average Bonchev–Trinajstić information content (AvgIpc) is 2.68. The number of carbonyl (C=O) groups is 2. The highest BCUT2D eigenvalue weighted by molar-refractivity contribution is 5.76. The van der Waals surface area contributed by atoms with Gasteiger partial charge in [0.2, 0.25) is 5.91 Å². The molecule has 1 amide bonds. The van der Waals surface area contributed by atoms with E-state index >= 15 is 0 Å². The first-order valence-corrected chi connectivity index (χ1v) is 12.3. The van der Waals surface area contributed by atoms with Gasteiger partial charge in [-0.3, -0.25) is 4.79 Å². The number of aliphatic hydroxyl groups is 3. The molecule has 5 unspecified atom stereocenters. The maximum absolute atomic E-state index is 11.6. The summed E-state index contributed by atoms with van der Waals surface area (Å²) in [7, 11) is 0. The number of carbonyl (C=O) groups excluding carboxylic acids is 1. The predicted octanol–water partition coefficient (Wildman–Crippen LogP) is 0.607. The number of nitrogens with one attached hydrogen (secondary N) is 2. The van der Waals surface area contributed by atoms with Crippen LogP contribution in [0.4, 0.5) is 0 Å². The smallest absolute Gasteiger partial charge is 0.364 e. The Morgan fingerprint density at radius 3 is 2.12 bits per heavy atom. The molecule has 6 N–H and O–H groups in total. The van der Waals surface area contributed by atoms with Gasteiger partial charge in [0, 0.05) is 26.4 Å². The zero-order valence-corrected chi connectivity index (χ0v) is 19.9. The summed E-state index contributed by atoms with van der Waals surface area (Å²) in [6, 6.07) is -1.03. The predicted molar refractivity (Wildman–Crippen MR) is 119 cm³/mol. The van der Waals surface area contributed by atoms with Crippen LogP contribution in [0.25, 0.3) is 0 Å². The summed E-state index contributed by atoms with van der Waals surface area (Å²) in [5.74, 6) is -2.20. The molecule has 0 radical (unpaired) electrons. The molecule has 1 heterocycles. The van der Waals surface area contributed by atoms with E-state index in [1.165, 1.54) is 45.4 Å². The highest BCUT2D eigenvalue weighted by Gasteiger charge is 2.57. The third-order valence-electron chi connectivity index (χ3n) is 9.06. The summed E-state index contributed by atoms with van der Waals surface area (Å²) in [4.78, 5) is 23.1. The number of aliphatic carboxylic acids is 1. The number of carboxylic acids is 1. The van der Waals surface area contributed by atoms with Crippen molar-refractivity contribution >= 4 is 11.9 Å². The van der Waals surface area contributed by atoms with E-state index in [2.05, 4.69) is 24.5 Å². The van der Waals surface area contributed by atoms with Crippen molar-refractivity contribution in [3.05, 3.63) is 0 Å². The molecule has 0 aromatic rings. The first kappa shape index (κ1) is 24.9. The minimum absolute atomic E-state index is 0.0223. The topological polar surface area (TPSA) is 148 Å². The molecule has 188 valence electrons. The van der Waals surface area contributed by atoms with Gasteiger partial charge >= 0.3 is 5.97 Å². The van der Waals surface area contributed by atoms with Crippen LogP contribution in [0.1, 0.15) is 65.7 Å². The van der Waals surface area contributed by atoms with Gasteiger partial charge in [0.15, 0.2) is 0 Å². The highest BCUT2D eigenvalue weighted by Crippen LogP contribution is 2.65. The van der Waals surface area contributed by atoms with E-state index in [0.29, 0.717) is 12.0 Å². The lowest BCUT2D eigenvalue weighted by Crippen LogP contribution is -2.66. The van der Waals surface area contributed by atoms with Gasteiger partial charge in [-0.1, -0.05) is 13.8 Å². The molecule has 5 aliphatic rings. The van der Waals surface area contributed by atoms with Crippen LogP contribution in [0.3, 0.4) is 0 Å². The van der Waals surface area contributed by atoms with Crippen LogP contribution in [0, 0.1) is 28.6 Å². The zero-order valence-electron chi connectivity index (χ0n) is 19.9. The lowest BCUT2D eigenvalue weighted by atomic mass is 9.43. The van der Waals surface area contributed by atoms with Crippen LogP contribution in [0.2, 0.25) is 0 Å². The highest BCUT2D eigenvalue weighted by atomic mass is 16.7. The molecule has 4 aliphatic carbocycles. The number of aliphatic hydroxyl groups excluding tert-OH is 2. The fraction of sp³-hybridized carbons (Fsp3) is 0.917. The van der Waals surface area contributed by atoms with E-state index in [9.17, 15) is 30.0 Å². The molecule has 1 saturated heterocycles. The zero-order chi connectivity index (χ0) is 24.2. The van der Waals surface area contributed by atoms with Crippen molar-refractivity contribution in [3.63, 3.8) is 0 Å². The molecule has 4 bridgehead atoms. The number of hydrogen-bond acceptors (Lipinski definition) is 7. The molecule has 1 aliphatic heterocycles. The molecule has 0 aromatic carbocycles. The maximum Gasteiger partial charge on any atom is 0.364 e. The summed E-state index contributed by atoms with van der Waals surface area (Å²) >= 11 is 0. The van der Waals surface area contributed by atoms with Gasteiger partial charge < -0.3 is 35.8 Å². The van der Waals surface area contributed by atoms with Crippen molar-refractivity contribution in [2.45, 2.75) is 95.9 Å². The van der Waals surface area contributed by atoms with Crippen molar-refractivity contribution in [2.24, 2.45) is 28.6 Å². The third kappa shape index (κ3) is 4.67. The normalized spacial score (nSPS) is 43.3. The van der Waals surface area contributed by atoms with E-state index in [0.717, 1.165) is 17.8 Å². The van der Waals surface area contributed by atoms with Crippen molar-refractivity contribution in [2.75, 3.05) is 13.1 Å². The van der Waals surface area contributed by atoms with Gasteiger partial charge in [0.25, 0.3) is 5.79 Å². The lowest BCUT2D eigenvalue weighted by molar-refractivity contribution is -0.288. The summed E-state index contributed by atoms with van der Waals surface area (Å²) in [6.07, 6.45) is 3.41. The second-order valence-corrected chi connectivity index (χ2v) is 11.9. The summed E-state index contributed by atoms with van der Waals surface area (Å²) < 4.78 is 5.36. The van der Waals surface area contributed by atoms with Gasteiger partial charge in [-0.15, -0.1) is 0 Å². The van der Waals surface area contributed by atoms with Crippen LogP contribution < -0.4 is 10.6 Å². The summed E-state index contributed by atoms with van der Waals surface area (Å²) in [5, 5.41) is 46.8. The molecule has 9 heteroatoms. The summed E-state index contributed by atoms with van der Waals surface area (Å²) in [5.41, 5.74) is 0.327. The SMILES string of the molecule is CC(=O)NC1C(O)CC(O)(C(=O)O)OC1C(O)CNCC(C)(C)C12CC3CC(CC(C3)C1)C2. The van der Waals surface area contributed by atoms with E-state index in [1.807, 2.05) is 0 Å². The van der Waals surface area contributed by atoms with Crippen LogP contribution in [0.5, 0.6) is 0 Å². The van der Waals surface area contributed by atoms with E-state index < -0.39 is 48.4 Å². The molecule has 33 heavy (non-hydrogen) atoms. The van der Waals surface area contributed by atoms with Crippen molar-refractivity contribution in [1.29, 1.82) is 0 Å². The molecular formula is C24H40N2O7. The number of ether oxygens (including phenoxy) is 1. The maximum atomic E-state index is 11.6. The largest absolute Gasteiger partial charge is 0.477 e. The lowest BCUT2D eigenvalue weighted by Gasteiger charge is -2.62. The first-order valence-electron chi connectivity index (χ1n) is 12.3. The molecule has 9 nitrogen and oxygen atoms in total. The molecule has 4 saturated carbocycles. The third-order valence-corrected chi connectivity index (χ3v) is 9.06. The number of amides is 1. The van der Waals surface area contributed by atoms with Gasteiger partial charge in [-0.2, -0.15) is 0 Å². The molecule has 5 rings (SSSR count). The Morgan fingerprint density at radius 1 is 1.09 bits per heavy atom. The number of carboxylic acid groups (broad SMARTS) is 1. The standard InChI is InChI=1S/C24H40N2O7/c1-13(27)26-19-17(28)10-24(32,21(30)31)33-20(19)18(29)11-25-12-22(2,3)23-7-14-4-15(8-23)6-16(5-14)9-23/h14-20,25,28-29,32H,4-12H2,1-3H3,(H,26,27)(H,30,31). The Bertz CT molecular complexity index is 737. The van der Waals surface area contributed by atoms with Crippen LogP contribution in [-0.4, -0.2) is 75.5 Å².